The van der Waals surface area contributed by atoms with Gasteiger partial charge in [-0.05, 0) is 88.6 Å². The number of amides is 2. The zero-order valence-corrected chi connectivity index (χ0v) is 21.9. The van der Waals surface area contributed by atoms with E-state index in [4.69, 9.17) is 0 Å². The summed E-state index contributed by atoms with van der Waals surface area (Å²) in [6.07, 6.45) is 4.92. The highest BCUT2D eigenvalue weighted by Gasteiger charge is 2.15. The molecular formula is C31H27N3O3S. The standard InChI is InChI=1S/C31H27N3O3S/c1-34(2)27-15-8-22(9-16-27)10-17-29(35)24-11-13-26(14-12-24)32-31(37)28(20-23-18-19-38-21-23)33-30(36)25-6-4-3-5-7-25/h3-21H,1-2H3,(H,32,37)(H,33,36)/b17-10+,28-20-. The molecule has 0 unspecified atom stereocenters. The molecule has 2 N–H and O–H groups in total. The van der Waals surface area contributed by atoms with Gasteiger partial charge in [0.2, 0.25) is 0 Å². The zero-order valence-electron chi connectivity index (χ0n) is 21.0. The fraction of sp³-hybridized carbons (Fsp3) is 0.0645. The smallest absolute Gasteiger partial charge is 0.272 e. The van der Waals surface area contributed by atoms with E-state index in [1.165, 1.54) is 17.4 Å². The van der Waals surface area contributed by atoms with E-state index in [1.807, 2.05) is 66.2 Å². The van der Waals surface area contributed by atoms with Crippen LogP contribution in [0.4, 0.5) is 11.4 Å². The van der Waals surface area contributed by atoms with Gasteiger partial charge in [-0.1, -0.05) is 36.4 Å². The highest BCUT2D eigenvalue weighted by Crippen LogP contribution is 2.16. The van der Waals surface area contributed by atoms with Crippen molar-refractivity contribution in [2.75, 3.05) is 24.3 Å². The van der Waals surface area contributed by atoms with Crippen LogP contribution in [0.5, 0.6) is 0 Å². The SMILES string of the molecule is CN(C)c1ccc(/C=C/C(=O)c2ccc(NC(=O)/C(=C/c3ccsc3)NC(=O)c3ccccc3)cc2)cc1. The molecule has 0 aliphatic rings. The summed E-state index contributed by atoms with van der Waals surface area (Å²) in [5, 5.41) is 9.28. The molecule has 38 heavy (non-hydrogen) atoms. The molecule has 1 heterocycles. The van der Waals surface area contributed by atoms with Gasteiger partial charge in [0.15, 0.2) is 5.78 Å². The van der Waals surface area contributed by atoms with Crippen molar-refractivity contribution in [3.05, 3.63) is 130 Å². The Balaban J connectivity index is 1.43. The van der Waals surface area contributed by atoms with Crippen LogP contribution in [0.15, 0.2) is 107 Å². The fourth-order valence-electron chi connectivity index (χ4n) is 3.53. The van der Waals surface area contributed by atoms with Crippen LogP contribution >= 0.6 is 11.3 Å². The zero-order chi connectivity index (χ0) is 26.9. The Morgan fingerprint density at radius 3 is 2.13 bits per heavy atom. The van der Waals surface area contributed by atoms with Gasteiger partial charge in [-0.15, -0.1) is 0 Å². The molecule has 0 saturated carbocycles. The first kappa shape index (κ1) is 26.3. The van der Waals surface area contributed by atoms with Crippen molar-refractivity contribution in [2.24, 2.45) is 0 Å². The molecule has 0 radical (unpaired) electrons. The first-order valence-electron chi connectivity index (χ1n) is 11.9. The van der Waals surface area contributed by atoms with Gasteiger partial charge in [0.05, 0.1) is 0 Å². The Hall–Kier alpha value is -4.75. The van der Waals surface area contributed by atoms with Crippen LogP contribution in [0.1, 0.15) is 31.8 Å². The fourth-order valence-corrected chi connectivity index (χ4v) is 4.15. The molecule has 0 saturated heterocycles. The molecule has 7 heteroatoms. The molecule has 190 valence electrons. The minimum atomic E-state index is -0.472. The van der Waals surface area contributed by atoms with Crippen molar-refractivity contribution in [3.8, 4) is 0 Å². The summed E-state index contributed by atoms with van der Waals surface area (Å²) in [7, 11) is 3.95. The number of carbonyl (C=O) groups excluding carboxylic acids is 3. The van der Waals surface area contributed by atoms with Crippen LogP contribution in [0, 0.1) is 0 Å². The topological polar surface area (TPSA) is 78.5 Å². The average Bonchev–Trinajstić information content (AvgIpc) is 3.45. The third-order valence-corrected chi connectivity index (χ3v) is 6.35. The van der Waals surface area contributed by atoms with Gasteiger partial charge in [0.25, 0.3) is 11.8 Å². The number of nitrogens with one attached hydrogen (secondary N) is 2. The van der Waals surface area contributed by atoms with Crippen LogP contribution in [-0.2, 0) is 4.79 Å². The molecule has 2 amide bonds. The predicted molar refractivity (Wildman–Crippen MR) is 155 cm³/mol. The van der Waals surface area contributed by atoms with Crippen molar-refractivity contribution in [1.82, 2.24) is 5.32 Å². The lowest BCUT2D eigenvalue weighted by Crippen LogP contribution is -2.30. The van der Waals surface area contributed by atoms with E-state index in [0.717, 1.165) is 16.8 Å². The van der Waals surface area contributed by atoms with Gasteiger partial charge in [-0.25, -0.2) is 0 Å². The average molecular weight is 522 g/mol. The molecule has 0 aliphatic heterocycles. The lowest BCUT2D eigenvalue weighted by molar-refractivity contribution is -0.113. The number of anilines is 2. The minimum Gasteiger partial charge on any atom is -0.378 e. The molecule has 6 nitrogen and oxygen atoms in total. The summed E-state index contributed by atoms with van der Waals surface area (Å²) in [5.41, 5.74) is 4.37. The molecule has 0 spiro atoms. The summed E-state index contributed by atoms with van der Waals surface area (Å²) < 4.78 is 0. The van der Waals surface area contributed by atoms with Crippen LogP contribution in [0.3, 0.4) is 0 Å². The van der Waals surface area contributed by atoms with Crippen molar-refractivity contribution >= 4 is 52.5 Å². The summed E-state index contributed by atoms with van der Waals surface area (Å²) in [6.45, 7) is 0. The van der Waals surface area contributed by atoms with Gasteiger partial charge in [0, 0.05) is 36.6 Å². The number of ketones is 1. The number of thiophene rings is 1. The second kappa shape index (κ2) is 12.5. The number of rotatable bonds is 9. The highest BCUT2D eigenvalue weighted by molar-refractivity contribution is 7.08. The minimum absolute atomic E-state index is 0.112. The van der Waals surface area contributed by atoms with Gasteiger partial charge in [-0.3, -0.25) is 14.4 Å². The number of allylic oxidation sites excluding steroid dienone is 1. The summed E-state index contributed by atoms with van der Waals surface area (Å²) >= 11 is 1.49. The van der Waals surface area contributed by atoms with Gasteiger partial charge in [0.1, 0.15) is 5.70 Å². The second-order valence-corrected chi connectivity index (χ2v) is 9.43. The molecule has 1 aromatic heterocycles. The van der Waals surface area contributed by atoms with Crippen LogP contribution < -0.4 is 15.5 Å². The Labute approximate surface area is 225 Å². The van der Waals surface area contributed by atoms with Gasteiger partial charge in [-0.2, -0.15) is 11.3 Å². The molecule has 0 bridgehead atoms. The summed E-state index contributed by atoms with van der Waals surface area (Å²) in [4.78, 5) is 40.4. The van der Waals surface area contributed by atoms with Crippen LogP contribution in [-0.4, -0.2) is 31.7 Å². The Morgan fingerprint density at radius 2 is 1.50 bits per heavy atom. The number of nitrogens with zero attached hydrogens (tertiary/aromatic N) is 1. The van der Waals surface area contributed by atoms with Crippen LogP contribution in [0.25, 0.3) is 12.2 Å². The van der Waals surface area contributed by atoms with E-state index in [2.05, 4.69) is 10.6 Å². The third kappa shape index (κ3) is 7.15. The van der Waals surface area contributed by atoms with E-state index >= 15 is 0 Å². The first-order valence-corrected chi connectivity index (χ1v) is 12.8. The number of carbonyl (C=O) groups is 3. The lowest BCUT2D eigenvalue weighted by atomic mass is 10.1. The number of hydrogen-bond donors (Lipinski definition) is 2. The molecular weight excluding hydrogens is 494 g/mol. The maximum atomic E-state index is 13.1. The largest absolute Gasteiger partial charge is 0.378 e. The Morgan fingerprint density at radius 1 is 0.789 bits per heavy atom. The Kier molecular flexibility index (Phi) is 8.64. The van der Waals surface area contributed by atoms with E-state index in [-0.39, 0.29) is 17.4 Å². The second-order valence-electron chi connectivity index (χ2n) is 8.65. The van der Waals surface area contributed by atoms with Crippen molar-refractivity contribution in [2.45, 2.75) is 0 Å². The summed E-state index contributed by atoms with van der Waals surface area (Å²) in [6, 6.07) is 25.1. The quantitative estimate of drug-likeness (QED) is 0.205. The summed E-state index contributed by atoms with van der Waals surface area (Å²) in [5.74, 6) is -1.00. The monoisotopic (exact) mass is 521 g/mol. The van der Waals surface area contributed by atoms with Gasteiger partial charge >= 0.3 is 0 Å². The Bertz CT molecular complexity index is 1460. The van der Waals surface area contributed by atoms with Crippen molar-refractivity contribution < 1.29 is 14.4 Å². The molecule has 0 aliphatic carbocycles. The number of hydrogen-bond acceptors (Lipinski definition) is 5. The molecule has 0 fully saturated rings. The molecule has 4 rings (SSSR count). The lowest BCUT2D eigenvalue weighted by Gasteiger charge is -2.11. The van der Waals surface area contributed by atoms with Gasteiger partial charge < -0.3 is 15.5 Å². The highest BCUT2D eigenvalue weighted by atomic mass is 32.1. The van der Waals surface area contributed by atoms with Crippen molar-refractivity contribution in [3.63, 3.8) is 0 Å². The van der Waals surface area contributed by atoms with E-state index in [0.29, 0.717) is 16.8 Å². The normalized spacial score (nSPS) is 11.3. The van der Waals surface area contributed by atoms with E-state index in [1.54, 1.807) is 60.7 Å². The van der Waals surface area contributed by atoms with Crippen LogP contribution in [0.2, 0.25) is 0 Å². The van der Waals surface area contributed by atoms with E-state index < -0.39 is 5.91 Å². The number of benzene rings is 3. The van der Waals surface area contributed by atoms with E-state index in [9.17, 15) is 14.4 Å². The molecule has 3 aromatic carbocycles. The molecule has 4 aromatic rings. The maximum Gasteiger partial charge on any atom is 0.272 e. The molecule has 0 atom stereocenters. The third-order valence-electron chi connectivity index (χ3n) is 5.65. The maximum absolute atomic E-state index is 13.1. The predicted octanol–water partition coefficient (Wildman–Crippen LogP) is 6.12. The van der Waals surface area contributed by atoms with Crippen molar-refractivity contribution in [1.29, 1.82) is 0 Å². The first-order chi connectivity index (χ1) is 18.4.